The summed E-state index contributed by atoms with van der Waals surface area (Å²) >= 11 is 3.22. The minimum Gasteiger partial charge on any atom is -0.446 e. The number of furan rings is 1. The Labute approximate surface area is 217 Å². The van der Waals surface area contributed by atoms with Crippen molar-refractivity contribution < 1.29 is 32.4 Å². The summed E-state index contributed by atoms with van der Waals surface area (Å²) in [6.07, 6.45) is 0.769. The summed E-state index contributed by atoms with van der Waals surface area (Å²) < 4.78 is 30.6. The average Bonchev–Trinajstić information content (AvgIpc) is 3.45. The Morgan fingerprint density at radius 1 is 1.06 bits per heavy atom. The van der Waals surface area contributed by atoms with Crippen LogP contribution in [0.25, 0.3) is 11.5 Å². The molecule has 0 unspecified atom stereocenters. The van der Waals surface area contributed by atoms with E-state index in [1.807, 2.05) is 0 Å². The maximum Gasteiger partial charge on any atom is 0.396 e. The number of nitrogen functional groups attached to an aromatic ring is 1. The quantitative estimate of drug-likeness (QED) is 0.190. The summed E-state index contributed by atoms with van der Waals surface area (Å²) in [6, 6.07) is 2.99. The highest BCUT2D eigenvalue weighted by molar-refractivity contribution is 8.13. The molecule has 9 nitrogen and oxygen atoms in total. The molecule has 2 aromatic heterocycles. The van der Waals surface area contributed by atoms with E-state index in [1.54, 1.807) is 34.6 Å². The van der Waals surface area contributed by atoms with E-state index in [0.29, 0.717) is 29.2 Å². The molecule has 0 aromatic carbocycles. The van der Waals surface area contributed by atoms with E-state index in [0.717, 1.165) is 34.9 Å². The number of thioether (sulfide) groups is 2. The van der Waals surface area contributed by atoms with Gasteiger partial charge in [0.25, 0.3) is 0 Å². The average molecular weight is 563 g/mol. The first kappa shape index (κ1) is 29.8. The Balaban J connectivity index is 2.27. The lowest BCUT2D eigenvalue weighted by Crippen LogP contribution is -2.19. The standard InChI is InChI=1S/C22H31N2O7PS3/c1-6-15(25)33-12-10-29-32(28,30-11-13-34-16(26)7-2)17-9-8-14(31-17)18-19(35-21(23)24-18)20(27)22(3,4)5/h8-9H,6-7,10-13H2,1-5H3,(H2,23,24). The highest BCUT2D eigenvalue weighted by atomic mass is 32.2. The monoisotopic (exact) mass is 562 g/mol. The molecule has 2 N–H and O–H groups in total. The Kier molecular flexibility index (Phi) is 11.2. The highest BCUT2D eigenvalue weighted by Gasteiger charge is 2.34. The van der Waals surface area contributed by atoms with Crippen LogP contribution in [0.4, 0.5) is 5.13 Å². The molecule has 0 saturated heterocycles. The molecule has 2 rings (SSSR count). The van der Waals surface area contributed by atoms with Crippen LogP contribution in [-0.4, -0.2) is 45.7 Å². The Hall–Kier alpha value is -1.43. The van der Waals surface area contributed by atoms with Crippen molar-refractivity contribution in [3.05, 3.63) is 17.0 Å². The van der Waals surface area contributed by atoms with E-state index in [4.69, 9.17) is 19.2 Å². The topological polar surface area (TPSA) is 139 Å². The van der Waals surface area contributed by atoms with E-state index < -0.39 is 13.0 Å². The van der Waals surface area contributed by atoms with Crippen LogP contribution >= 0.6 is 42.5 Å². The minimum absolute atomic E-state index is 0.00345. The molecule has 0 spiro atoms. The van der Waals surface area contributed by atoms with Crippen LogP contribution in [0.15, 0.2) is 16.5 Å². The van der Waals surface area contributed by atoms with Crippen LogP contribution in [-0.2, 0) is 23.2 Å². The number of Topliss-reactive ketones (excluding diaryl/α,β-unsaturated/α-hetero) is 1. The third kappa shape index (κ3) is 8.58. The van der Waals surface area contributed by atoms with Crippen LogP contribution < -0.4 is 11.2 Å². The molecular formula is C22H31N2O7PS3. The smallest absolute Gasteiger partial charge is 0.396 e. The Morgan fingerprint density at radius 2 is 1.60 bits per heavy atom. The summed E-state index contributed by atoms with van der Waals surface area (Å²) in [5.41, 5.74) is 5.41. The number of nitrogens with zero attached hydrogens (tertiary/aromatic N) is 1. The van der Waals surface area contributed by atoms with Gasteiger partial charge in [-0.1, -0.05) is 69.5 Å². The van der Waals surface area contributed by atoms with Crippen molar-refractivity contribution in [2.75, 3.05) is 30.5 Å². The lowest BCUT2D eigenvalue weighted by atomic mass is 9.89. The molecule has 0 radical (unpaired) electrons. The van der Waals surface area contributed by atoms with Gasteiger partial charge in [-0.25, -0.2) is 4.98 Å². The lowest BCUT2D eigenvalue weighted by Gasteiger charge is -2.16. The first-order valence-electron chi connectivity index (χ1n) is 11.0. The number of hydrogen-bond acceptors (Lipinski definition) is 12. The number of carbonyl (C=O) groups excluding carboxylic acids is 3. The second-order valence-corrected chi connectivity index (χ2v) is 13.5. The molecule has 0 amide bonds. The second-order valence-electron chi connectivity index (χ2n) is 8.26. The SMILES string of the molecule is CCC(=O)SCCOP(=O)(OCCSC(=O)CC)c1ccc(-c2nc(N)sc2C(=O)C(C)(C)C)o1. The number of aromatic nitrogens is 1. The summed E-state index contributed by atoms with van der Waals surface area (Å²) in [4.78, 5) is 40.6. The van der Waals surface area contributed by atoms with E-state index in [9.17, 15) is 18.9 Å². The van der Waals surface area contributed by atoms with Crippen molar-refractivity contribution >= 4 is 69.1 Å². The fourth-order valence-corrected chi connectivity index (χ4v) is 6.49. The molecule has 0 aliphatic carbocycles. The number of anilines is 1. The molecule has 35 heavy (non-hydrogen) atoms. The van der Waals surface area contributed by atoms with Gasteiger partial charge in [0.2, 0.25) is 5.50 Å². The zero-order valence-corrected chi connectivity index (χ0v) is 23.8. The number of rotatable bonds is 13. The van der Waals surface area contributed by atoms with Crippen LogP contribution in [0.1, 0.15) is 57.1 Å². The summed E-state index contributed by atoms with van der Waals surface area (Å²) in [7, 11) is -3.93. The summed E-state index contributed by atoms with van der Waals surface area (Å²) in [6.45, 7) is 8.87. The van der Waals surface area contributed by atoms with Gasteiger partial charge >= 0.3 is 7.60 Å². The fourth-order valence-electron chi connectivity index (χ4n) is 2.59. The maximum absolute atomic E-state index is 13.6. The van der Waals surface area contributed by atoms with Crippen LogP contribution in [0, 0.1) is 5.41 Å². The molecule has 2 heterocycles. The van der Waals surface area contributed by atoms with Crippen molar-refractivity contribution in [2.45, 2.75) is 47.5 Å². The molecular weight excluding hydrogens is 531 g/mol. The number of carbonyl (C=O) groups is 3. The van der Waals surface area contributed by atoms with Crippen molar-refractivity contribution in [2.24, 2.45) is 5.41 Å². The van der Waals surface area contributed by atoms with Gasteiger partial charge in [-0.3, -0.25) is 18.9 Å². The van der Waals surface area contributed by atoms with Crippen LogP contribution in [0.3, 0.4) is 0 Å². The van der Waals surface area contributed by atoms with E-state index in [-0.39, 0.29) is 51.3 Å². The van der Waals surface area contributed by atoms with Crippen molar-refractivity contribution in [1.29, 1.82) is 0 Å². The summed E-state index contributed by atoms with van der Waals surface area (Å²) in [5.74, 6) is 0.650. The zero-order valence-electron chi connectivity index (χ0n) is 20.5. The molecule has 13 heteroatoms. The largest absolute Gasteiger partial charge is 0.446 e. The Bertz CT molecular complexity index is 1060. The number of thiazole rings is 1. The van der Waals surface area contributed by atoms with E-state index >= 15 is 0 Å². The molecule has 2 aromatic rings. The Morgan fingerprint density at radius 3 is 2.09 bits per heavy atom. The van der Waals surface area contributed by atoms with Gasteiger partial charge in [-0.2, -0.15) is 0 Å². The molecule has 0 aliphatic rings. The van der Waals surface area contributed by atoms with Gasteiger partial charge in [0, 0.05) is 29.8 Å². The predicted molar refractivity (Wildman–Crippen MR) is 143 cm³/mol. The van der Waals surface area contributed by atoms with Crippen molar-refractivity contribution in [3.63, 3.8) is 0 Å². The second kappa shape index (κ2) is 13.2. The third-order valence-corrected chi connectivity index (χ3v) is 9.09. The van der Waals surface area contributed by atoms with Crippen molar-refractivity contribution in [3.8, 4) is 11.5 Å². The maximum atomic E-state index is 13.6. The third-order valence-electron chi connectivity index (χ3n) is 4.42. The van der Waals surface area contributed by atoms with Gasteiger partial charge in [-0.15, -0.1) is 0 Å². The van der Waals surface area contributed by atoms with Gasteiger partial charge in [0.15, 0.2) is 26.9 Å². The number of ketones is 1. The molecule has 0 saturated carbocycles. The first-order valence-corrected chi connectivity index (χ1v) is 15.4. The van der Waals surface area contributed by atoms with Crippen LogP contribution in [0.2, 0.25) is 0 Å². The molecule has 0 aliphatic heterocycles. The van der Waals surface area contributed by atoms with Crippen molar-refractivity contribution in [1.82, 2.24) is 4.98 Å². The fraction of sp³-hybridized carbons (Fsp3) is 0.545. The van der Waals surface area contributed by atoms with Gasteiger partial charge < -0.3 is 19.2 Å². The normalized spacial score (nSPS) is 12.1. The van der Waals surface area contributed by atoms with E-state index in [1.165, 1.54) is 12.1 Å². The lowest BCUT2D eigenvalue weighted by molar-refractivity contribution is -0.111. The predicted octanol–water partition coefficient (Wildman–Crippen LogP) is 5.41. The van der Waals surface area contributed by atoms with Gasteiger partial charge in [0.05, 0.1) is 13.2 Å². The number of nitrogens with two attached hydrogens (primary N) is 1. The minimum atomic E-state index is -3.93. The van der Waals surface area contributed by atoms with Gasteiger partial charge in [-0.05, 0) is 12.1 Å². The first-order chi connectivity index (χ1) is 16.4. The van der Waals surface area contributed by atoms with Gasteiger partial charge in [0.1, 0.15) is 10.6 Å². The van der Waals surface area contributed by atoms with Crippen LogP contribution in [0.5, 0.6) is 0 Å². The van der Waals surface area contributed by atoms with E-state index in [2.05, 4.69) is 4.98 Å². The number of hydrogen-bond donors (Lipinski definition) is 1. The zero-order chi connectivity index (χ0) is 26.2. The molecule has 0 bridgehead atoms. The highest BCUT2D eigenvalue weighted by Crippen LogP contribution is 2.48. The summed E-state index contributed by atoms with van der Waals surface area (Å²) in [5, 5.41) is 0.198. The molecule has 194 valence electrons. The molecule has 0 atom stereocenters. The molecule has 0 fully saturated rings.